The second kappa shape index (κ2) is 5.70. The van der Waals surface area contributed by atoms with Crippen molar-refractivity contribution in [3.05, 3.63) is 23.8 Å². The molecule has 1 aromatic carbocycles. The Morgan fingerprint density at radius 3 is 2.28 bits per heavy atom. The van der Waals surface area contributed by atoms with Gasteiger partial charge in [0.1, 0.15) is 11.3 Å². The number of hydrogen-bond acceptors (Lipinski definition) is 4. The fourth-order valence-electron chi connectivity index (χ4n) is 1.08. The van der Waals surface area contributed by atoms with Gasteiger partial charge in [-0.2, -0.15) is 0 Å². The largest absolute Gasteiger partial charge is 0.507 e. The summed E-state index contributed by atoms with van der Waals surface area (Å²) in [6, 6.07) is 3.75. The van der Waals surface area contributed by atoms with Crippen LogP contribution >= 0.6 is 12.4 Å². The molecule has 18 heavy (non-hydrogen) atoms. The van der Waals surface area contributed by atoms with Gasteiger partial charge in [0.15, 0.2) is 0 Å². The Morgan fingerprint density at radius 1 is 1.33 bits per heavy atom. The first kappa shape index (κ1) is 16.2. The Hall–Kier alpha value is -1.79. The monoisotopic (exact) mass is 274 g/mol. The molecule has 0 spiro atoms. The van der Waals surface area contributed by atoms with E-state index in [1.807, 2.05) is 0 Å². The molecular formula is C11H15ClN2O4. The third-order valence-corrected chi connectivity index (χ3v) is 2.07. The lowest BCUT2D eigenvalue weighted by Gasteiger charge is -2.17. The van der Waals surface area contributed by atoms with E-state index in [-0.39, 0.29) is 23.7 Å². The third kappa shape index (κ3) is 3.90. The maximum atomic E-state index is 11.5. The number of aromatic hydroxyl groups is 1. The highest BCUT2D eigenvalue weighted by molar-refractivity contribution is 5.98. The number of carbonyl (C=O) groups excluding carboxylic acids is 1. The number of nitrogens with one attached hydrogen (secondary N) is 1. The highest BCUT2D eigenvalue weighted by Gasteiger charge is 2.22. The molecule has 0 bridgehead atoms. The van der Waals surface area contributed by atoms with Crippen LogP contribution in [0.25, 0.3) is 0 Å². The first-order chi connectivity index (χ1) is 7.71. The average molecular weight is 275 g/mol. The highest BCUT2D eigenvalue weighted by Crippen LogP contribution is 2.22. The topological polar surface area (TPSA) is 113 Å². The number of hydrogen-bond donors (Lipinski definition) is 4. The molecule has 0 unspecified atom stereocenters. The number of carboxylic acids is 1. The Balaban J connectivity index is 0.00000289. The van der Waals surface area contributed by atoms with Gasteiger partial charge in [-0.15, -0.1) is 12.4 Å². The molecule has 1 rings (SSSR count). The predicted octanol–water partition coefficient (Wildman–Crippen LogP) is 1.19. The molecule has 100 valence electrons. The van der Waals surface area contributed by atoms with Crippen molar-refractivity contribution in [1.82, 2.24) is 0 Å². The molecule has 0 aliphatic heterocycles. The number of carbonyl (C=O) groups is 2. The maximum absolute atomic E-state index is 11.5. The fraction of sp³-hybridized carbons (Fsp3) is 0.273. The van der Waals surface area contributed by atoms with Crippen LogP contribution in [-0.2, 0) is 4.79 Å². The van der Waals surface area contributed by atoms with Crippen molar-refractivity contribution in [3.8, 4) is 5.75 Å². The van der Waals surface area contributed by atoms with Crippen molar-refractivity contribution < 1.29 is 19.8 Å². The molecular weight excluding hydrogens is 260 g/mol. The second-order valence-electron chi connectivity index (χ2n) is 4.21. The van der Waals surface area contributed by atoms with E-state index in [0.717, 1.165) is 6.07 Å². The van der Waals surface area contributed by atoms with Crippen LogP contribution in [-0.4, -0.2) is 27.6 Å². The molecule has 5 N–H and O–H groups in total. The summed E-state index contributed by atoms with van der Waals surface area (Å²) in [7, 11) is 0. The van der Waals surface area contributed by atoms with Gasteiger partial charge >= 0.3 is 5.97 Å². The fourth-order valence-corrected chi connectivity index (χ4v) is 1.08. The third-order valence-electron chi connectivity index (χ3n) is 2.07. The highest BCUT2D eigenvalue weighted by atomic mass is 35.5. The molecule has 0 atom stereocenters. The summed E-state index contributed by atoms with van der Waals surface area (Å²) in [5.41, 5.74) is 4.58. The number of halogens is 1. The van der Waals surface area contributed by atoms with Crippen LogP contribution < -0.4 is 11.1 Å². The van der Waals surface area contributed by atoms with E-state index in [1.165, 1.54) is 26.0 Å². The van der Waals surface area contributed by atoms with E-state index < -0.39 is 23.2 Å². The number of aromatic carboxylic acids is 1. The Kier molecular flexibility index (Phi) is 5.13. The van der Waals surface area contributed by atoms with Gasteiger partial charge < -0.3 is 21.3 Å². The van der Waals surface area contributed by atoms with Crippen LogP contribution in [0.5, 0.6) is 5.75 Å². The number of rotatable bonds is 3. The Morgan fingerprint density at radius 2 is 1.89 bits per heavy atom. The van der Waals surface area contributed by atoms with Crippen molar-refractivity contribution >= 4 is 30.0 Å². The Labute approximate surface area is 110 Å². The zero-order valence-corrected chi connectivity index (χ0v) is 10.7. The molecule has 0 saturated carbocycles. The molecule has 1 amide bonds. The normalized spacial score (nSPS) is 10.4. The lowest BCUT2D eigenvalue weighted by atomic mass is 10.1. The zero-order valence-electron chi connectivity index (χ0n) is 9.93. The molecule has 0 saturated heterocycles. The predicted molar refractivity (Wildman–Crippen MR) is 69.2 cm³/mol. The van der Waals surface area contributed by atoms with Gasteiger partial charge in [0, 0.05) is 11.8 Å². The standard InChI is InChI=1S/C11H14N2O4.ClH/c1-11(2,12)10(17)13-6-3-4-7(9(15)16)8(14)5-6;/h3-5,14H,12H2,1-2H3,(H,13,17)(H,15,16);1H. The smallest absolute Gasteiger partial charge is 0.339 e. The van der Waals surface area contributed by atoms with Gasteiger partial charge in [-0.25, -0.2) is 4.79 Å². The minimum Gasteiger partial charge on any atom is -0.507 e. The summed E-state index contributed by atoms with van der Waals surface area (Å²) >= 11 is 0. The SMILES string of the molecule is CC(C)(N)C(=O)Nc1ccc(C(=O)O)c(O)c1.Cl. The summed E-state index contributed by atoms with van der Waals surface area (Å²) in [6.07, 6.45) is 0. The first-order valence-electron chi connectivity index (χ1n) is 4.88. The van der Waals surface area contributed by atoms with Crippen LogP contribution in [0.1, 0.15) is 24.2 Å². The van der Waals surface area contributed by atoms with Crippen LogP contribution in [0.2, 0.25) is 0 Å². The minimum absolute atomic E-state index is 0. The van der Waals surface area contributed by atoms with Gasteiger partial charge in [0.2, 0.25) is 5.91 Å². The zero-order chi connectivity index (χ0) is 13.2. The quantitative estimate of drug-likeness (QED) is 0.661. The minimum atomic E-state index is -1.24. The number of nitrogens with two attached hydrogens (primary N) is 1. The summed E-state index contributed by atoms with van der Waals surface area (Å²) in [6.45, 7) is 3.07. The van der Waals surface area contributed by atoms with Crippen LogP contribution in [0, 0.1) is 0 Å². The van der Waals surface area contributed by atoms with E-state index in [9.17, 15) is 14.7 Å². The number of benzene rings is 1. The van der Waals surface area contributed by atoms with Crippen molar-refractivity contribution in [3.63, 3.8) is 0 Å². The van der Waals surface area contributed by atoms with Crippen LogP contribution in [0.4, 0.5) is 5.69 Å². The van der Waals surface area contributed by atoms with E-state index in [4.69, 9.17) is 10.8 Å². The van der Waals surface area contributed by atoms with Gasteiger partial charge in [-0.05, 0) is 26.0 Å². The molecule has 7 heteroatoms. The van der Waals surface area contributed by atoms with E-state index in [2.05, 4.69) is 5.32 Å². The summed E-state index contributed by atoms with van der Waals surface area (Å²) in [4.78, 5) is 22.2. The van der Waals surface area contributed by atoms with Crippen molar-refractivity contribution in [1.29, 1.82) is 0 Å². The van der Waals surface area contributed by atoms with Crippen molar-refractivity contribution in [2.45, 2.75) is 19.4 Å². The molecule has 0 fully saturated rings. The van der Waals surface area contributed by atoms with E-state index in [0.29, 0.717) is 0 Å². The molecule has 0 aliphatic rings. The van der Waals surface area contributed by atoms with Crippen LogP contribution in [0.15, 0.2) is 18.2 Å². The number of amides is 1. The number of anilines is 1. The molecule has 6 nitrogen and oxygen atoms in total. The van der Waals surface area contributed by atoms with Gasteiger partial charge in [-0.1, -0.05) is 0 Å². The molecule has 0 aromatic heterocycles. The van der Waals surface area contributed by atoms with E-state index >= 15 is 0 Å². The average Bonchev–Trinajstić information content (AvgIpc) is 2.15. The molecule has 0 heterocycles. The maximum Gasteiger partial charge on any atom is 0.339 e. The van der Waals surface area contributed by atoms with Crippen LogP contribution in [0.3, 0.4) is 0 Å². The molecule has 0 aliphatic carbocycles. The van der Waals surface area contributed by atoms with Crippen molar-refractivity contribution in [2.75, 3.05) is 5.32 Å². The number of carboxylic acid groups (broad SMARTS) is 1. The Bertz CT molecular complexity index is 469. The van der Waals surface area contributed by atoms with Crippen molar-refractivity contribution in [2.24, 2.45) is 5.73 Å². The molecule has 1 aromatic rings. The number of phenols is 1. The second-order valence-corrected chi connectivity index (χ2v) is 4.21. The molecule has 0 radical (unpaired) electrons. The van der Waals surface area contributed by atoms with Gasteiger partial charge in [-0.3, -0.25) is 4.79 Å². The van der Waals surface area contributed by atoms with Gasteiger partial charge in [0.25, 0.3) is 0 Å². The summed E-state index contributed by atoms with van der Waals surface area (Å²) < 4.78 is 0. The summed E-state index contributed by atoms with van der Waals surface area (Å²) in [5, 5.41) is 20.6. The van der Waals surface area contributed by atoms with E-state index in [1.54, 1.807) is 0 Å². The first-order valence-corrected chi connectivity index (χ1v) is 4.88. The summed E-state index contributed by atoms with van der Waals surface area (Å²) in [5.74, 6) is -2.08. The van der Waals surface area contributed by atoms with Gasteiger partial charge in [0.05, 0.1) is 5.54 Å². The lowest BCUT2D eigenvalue weighted by Crippen LogP contribution is -2.45. The lowest BCUT2D eigenvalue weighted by molar-refractivity contribution is -0.120.